The van der Waals surface area contributed by atoms with Crippen molar-refractivity contribution in [3.63, 3.8) is 0 Å². The normalized spacial score (nSPS) is 14.6. The van der Waals surface area contributed by atoms with Gasteiger partial charge in [0.25, 0.3) is 0 Å². The molecule has 0 fully saturated rings. The Balaban J connectivity index is 4.96. The third kappa shape index (κ3) is 9.43. The summed E-state index contributed by atoms with van der Waals surface area (Å²) in [6.45, 7) is 1.87. The average Bonchev–Trinajstić information content (AvgIpc) is 2.56. The van der Waals surface area contributed by atoms with E-state index in [0.717, 1.165) is 12.8 Å². The molecule has 2 atom stereocenters. The summed E-state index contributed by atoms with van der Waals surface area (Å²) in [4.78, 5) is 67.9. The lowest BCUT2D eigenvalue weighted by molar-refractivity contribution is -0.179. The quantitative estimate of drug-likeness (QED) is 0.126. The Hall–Kier alpha value is -3.06. The van der Waals surface area contributed by atoms with Crippen molar-refractivity contribution >= 4 is 35.8 Å². The Morgan fingerprint density at radius 1 is 0.700 bits per heavy atom. The van der Waals surface area contributed by atoms with Gasteiger partial charge in [0, 0.05) is 0 Å². The minimum absolute atomic E-state index is 0.0251. The molecule has 0 aliphatic heterocycles. The summed E-state index contributed by atoms with van der Waals surface area (Å²) < 4.78 is 8.90. The molecule has 0 aromatic rings. The number of carboxylic acid groups (broad SMARTS) is 3. The van der Waals surface area contributed by atoms with Gasteiger partial charge in [0.1, 0.15) is 0 Å². The van der Waals surface area contributed by atoms with Gasteiger partial charge in [0.05, 0.1) is 32.3 Å². The third-order valence-electron chi connectivity index (χ3n) is 3.79. The first kappa shape index (κ1) is 26.9. The van der Waals surface area contributed by atoms with Crippen LogP contribution in [0.3, 0.4) is 0 Å². The van der Waals surface area contributed by atoms with E-state index < -0.39 is 72.7 Å². The van der Waals surface area contributed by atoms with Crippen molar-refractivity contribution in [3.05, 3.63) is 0 Å². The Morgan fingerprint density at radius 2 is 1.13 bits per heavy atom. The van der Waals surface area contributed by atoms with Crippen molar-refractivity contribution in [2.45, 2.75) is 63.1 Å². The molecule has 0 radical (unpaired) electrons. The zero-order chi connectivity index (χ0) is 23.5. The standard InChI is InChI=1S/C17H24O13/c1-2-3-4-5-29-11(20)7-17(28,15(25)26)9-13(22)30-12(21)8-16(27,14(23)24)6-10(18)19/h27-28H,2-9H2,1H3,(H,18,19)(H,23,24)(H,25,26). The van der Waals surface area contributed by atoms with E-state index in [1.807, 2.05) is 6.92 Å². The number of carboxylic acids is 3. The molecular formula is C17H24O13. The summed E-state index contributed by atoms with van der Waals surface area (Å²) in [7, 11) is 0. The molecule has 30 heavy (non-hydrogen) atoms. The third-order valence-corrected chi connectivity index (χ3v) is 3.79. The second kappa shape index (κ2) is 11.8. The monoisotopic (exact) mass is 436 g/mol. The van der Waals surface area contributed by atoms with Crippen molar-refractivity contribution in [3.8, 4) is 0 Å². The van der Waals surface area contributed by atoms with Gasteiger partial charge in [0.2, 0.25) is 0 Å². The fraction of sp³-hybridized carbons (Fsp3) is 0.647. The van der Waals surface area contributed by atoms with Gasteiger partial charge in [-0.25, -0.2) is 9.59 Å². The van der Waals surface area contributed by atoms with Crippen LogP contribution in [-0.2, 0) is 38.2 Å². The minimum Gasteiger partial charge on any atom is -0.481 e. The molecule has 0 saturated carbocycles. The average molecular weight is 436 g/mol. The topological polar surface area (TPSA) is 222 Å². The SMILES string of the molecule is CCCCCOC(=O)CC(O)(CC(=O)OC(=O)CC(O)(CC(=O)O)C(=O)O)C(=O)O. The maximum absolute atomic E-state index is 11.8. The van der Waals surface area contributed by atoms with E-state index >= 15 is 0 Å². The van der Waals surface area contributed by atoms with Gasteiger partial charge in [-0.15, -0.1) is 0 Å². The number of ether oxygens (including phenoxy) is 2. The van der Waals surface area contributed by atoms with E-state index in [1.54, 1.807) is 0 Å². The van der Waals surface area contributed by atoms with Crippen molar-refractivity contribution in [2.24, 2.45) is 0 Å². The van der Waals surface area contributed by atoms with Gasteiger partial charge in [-0.1, -0.05) is 19.8 Å². The molecule has 0 aromatic heterocycles. The molecule has 0 aliphatic rings. The number of unbranched alkanes of at least 4 members (excludes halogenated alkanes) is 2. The highest BCUT2D eigenvalue weighted by molar-refractivity contribution is 5.94. The van der Waals surface area contributed by atoms with E-state index in [9.17, 15) is 39.0 Å². The smallest absolute Gasteiger partial charge is 0.336 e. The lowest BCUT2D eigenvalue weighted by atomic mass is 9.95. The molecule has 0 aromatic carbocycles. The fourth-order valence-corrected chi connectivity index (χ4v) is 2.18. The van der Waals surface area contributed by atoms with Crippen LogP contribution in [0.15, 0.2) is 0 Å². The number of hydrogen-bond donors (Lipinski definition) is 5. The van der Waals surface area contributed by atoms with Crippen LogP contribution in [0, 0.1) is 0 Å². The minimum atomic E-state index is -3.07. The van der Waals surface area contributed by atoms with E-state index in [4.69, 9.17) is 20.1 Å². The van der Waals surface area contributed by atoms with E-state index in [-0.39, 0.29) is 6.61 Å². The van der Waals surface area contributed by atoms with Gasteiger partial charge >= 0.3 is 35.8 Å². The van der Waals surface area contributed by atoms with Crippen molar-refractivity contribution < 1.29 is 63.8 Å². The number of aliphatic hydroxyl groups is 2. The van der Waals surface area contributed by atoms with E-state index in [0.29, 0.717) is 6.42 Å². The zero-order valence-corrected chi connectivity index (χ0v) is 16.2. The van der Waals surface area contributed by atoms with Gasteiger partial charge in [0.15, 0.2) is 11.2 Å². The largest absolute Gasteiger partial charge is 0.481 e. The molecular weight excluding hydrogens is 412 g/mol. The maximum Gasteiger partial charge on any atom is 0.336 e. The lowest BCUT2D eigenvalue weighted by Gasteiger charge is -2.22. The zero-order valence-electron chi connectivity index (χ0n) is 16.2. The van der Waals surface area contributed by atoms with Gasteiger partial charge in [-0.2, -0.15) is 0 Å². The molecule has 0 spiro atoms. The van der Waals surface area contributed by atoms with Crippen molar-refractivity contribution in [2.75, 3.05) is 6.61 Å². The molecule has 5 N–H and O–H groups in total. The van der Waals surface area contributed by atoms with Crippen LogP contribution in [0.1, 0.15) is 51.9 Å². The summed E-state index contributed by atoms with van der Waals surface area (Å²) in [5.41, 5.74) is -6.04. The second-order valence-electron chi connectivity index (χ2n) is 6.55. The highest BCUT2D eigenvalue weighted by atomic mass is 16.6. The number of esters is 3. The highest BCUT2D eigenvalue weighted by Gasteiger charge is 2.44. The molecule has 0 heterocycles. The fourth-order valence-electron chi connectivity index (χ4n) is 2.18. The van der Waals surface area contributed by atoms with Crippen LogP contribution in [0.25, 0.3) is 0 Å². The van der Waals surface area contributed by atoms with Crippen LogP contribution in [-0.4, -0.2) is 79.2 Å². The number of carbonyl (C=O) groups excluding carboxylic acids is 3. The van der Waals surface area contributed by atoms with Crippen molar-refractivity contribution in [1.82, 2.24) is 0 Å². The number of rotatable bonds is 14. The molecule has 13 nitrogen and oxygen atoms in total. The summed E-state index contributed by atoms with van der Waals surface area (Å²) >= 11 is 0. The van der Waals surface area contributed by atoms with Gasteiger partial charge in [-0.3, -0.25) is 19.2 Å². The first-order valence-corrected chi connectivity index (χ1v) is 8.78. The first-order valence-electron chi connectivity index (χ1n) is 8.78. The molecule has 0 rings (SSSR count). The molecule has 0 aliphatic carbocycles. The first-order chi connectivity index (χ1) is 13.8. The Kier molecular flexibility index (Phi) is 10.6. The second-order valence-corrected chi connectivity index (χ2v) is 6.55. The highest BCUT2D eigenvalue weighted by Crippen LogP contribution is 2.20. The number of hydrogen-bond acceptors (Lipinski definition) is 10. The molecule has 170 valence electrons. The van der Waals surface area contributed by atoms with E-state index in [1.165, 1.54) is 0 Å². The predicted octanol–water partition coefficient (Wildman–Crippen LogP) is -0.934. The Morgan fingerprint density at radius 3 is 1.53 bits per heavy atom. The number of carbonyl (C=O) groups is 6. The number of aliphatic carboxylic acids is 3. The van der Waals surface area contributed by atoms with Gasteiger partial charge in [-0.05, 0) is 6.42 Å². The summed E-state index contributed by atoms with van der Waals surface area (Å²) in [5, 5.41) is 46.3. The molecule has 0 saturated heterocycles. The van der Waals surface area contributed by atoms with Crippen LogP contribution in [0.4, 0.5) is 0 Å². The summed E-state index contributed by atoms with van der Waals surface area (Å²) in [6.07, 6.45) is -3.24. The summed E-state index contributed by atoms with van der Waals surface area (Å²) in [5.74, 6) is -10.2. The summed E-state index contributed by atoms with van der Waals surface area (Å²) in [6, 6.07) is 0. The van der Waals surface area contributed by atoms with Crippen LogP contribution in [0.2, 0.25) is 0 Å². The van der Waals surface area contributed by atoms with Crippen molar-refractivity contribution in [1.29, 1.82) is 0 Å². The van der Waals surface area contributed by atoms with Crippen LogP contribution in [0.5, 0.6) is 0 Å². The Labute approximate surface area is 170 Å². The molecule has 0 amide bonds. The predicted molar refractivity (Wildman–Crippen MR) is 92.9 cm³/mol. The Bertz CT molecular complexity index is 685. The molecule has 0 bridgehead atoms. The van der Waals surface area contributed by atoms with Gasteiger partial charge < -0.3 is 35.0 Å². The van der Waals surface area contributed by atoms with Crippen LogP contribution < -0.4 is 0 Å². The van der Waals surface area contributed by atoms with E-state index in [2.05, 4.69) is 4.74 Å². The molecule has 13 heteroatoms. The van der Waals surface area contributed by atoms with Crippen LogP contribution >= 0.6 is 0 Å². The lowest BCUT2D eigenvalue weighted by Crippen LogP contribution is -2.45. The molecule has 2 unspecified atom stereocenters. The maximum atomic E-state index is 11.8.